The highest BCUT2D eigenvalue weighted by Gasteiger charge is 2.33. The maximum atomic E-state index is 11.8. The van der Waals surface area contributed by atoms with E-state index in [1.54, 1.807) is 0 Å². The summed E-state index contributed by atoms with van der Waals surface area (Å²) in [5, 5.41) is 0. The van der Waals surface area contributed by atoms with Crippen LogP contribution in [-0.4, -0.2) is 26.5 Å². The predicted molar refractivity (Wildman–Crippen MR) is 72.7 cm³/mol. The normalized spacial score (nSPS) is 30.4. The van der Waals surface area contributed by atoms with Crippen LogP contribution >= 0.6 is 0 Å². The molecule has 0 aromatic rings. The highest BCUT2D eigenvalue weighted by Crippen LogP contribution is 2.40. The lowest BCUT2D eigenvalue weighted by Gasteiger charge is -2.38. The Morgan fingerprint density at radius 3 is 2.29 bits per heavy atom. The second kappa shape index (κ2) is 6.19. The third-order valence-electron chi connectivity index (χ3n) is 4.23. The minimum atomic E-state index is -2.85. The van der Waals surface area contributed by atoms with E-state index in [-0.39, 0.29) is 5.41 Å². The van der Waals surface area contributed by atoms with Crippen LogP contribution in [0.15, 0.2) is 0 Å². The van der Waals surface area contributed by atoms with Crippen molar-refractivity contribution in [2.24, 2.45) is 17.1 Å². The second-order valence-electron chi connectivity index (χ2n) is 5.79. The zero-order chi connectivity index (χ0) is 12.9. The van der Waals surface area contributed by atoms with Crippen molar-refractivity contribution in [3.63, 3.8) is 0 Å². The number of hydrogen-bond acceptors (Lipinski definition) is 3. The molecule has 1 aliphatic carbocycles. The van der Waals surface area contributed by atoms with E-state index in [9.17, 15) is 8.42 Å². The lowest BCUT2D eigenvalue weighted by atomic mass is 9.69. The summed E-state index contributed by atoms with van der Waals surface area (Å²) in [4.78, 5) is 0. The fourth-order valence-corrected chi connectivity index (χ4v) is 4.29. The Kier molecular flexibility index (Phi) is 5.45. The minimum Gasteiger partial charge on any atom is -0.330 e. The van der Waals surface area contributed by atoms with Crippen LogP contribution in [-0.2, 0) is 9.84 Å². The van der Waals surface area contributed by atoms with Crippen LogP contribution in [0, 0.1) is 11.3 Å². The number of nitrogens with two attached hydrogens (primary N) is 1. The predicted octanol–water partition coefficient (Wildman–Crippen LogP) is 2.36. The number of rotatable bonds is 6. The zero-order valence-corrected chi connectivity index (χ0v) is 12.1. The lowest BCUT2D eigenvalue weighted by molar-refractivity contribution is 0.158. The Bertz CT molecular complexity index is 316. The SMILES string of the molecule is CCCS(=O)(=O)CCC1(CN)CCC(C)CC1. The summed E-state index contributed by atoms with van der Waals surface area (Å²) >= 11 is 0. The summed E-state index contributed by atoms with van der Waals surface area (Å²) in [5.74, 6) is 1.43. The van der Waals surface area contributed by atoms with E-state index in [2.05, 4.69) is 6.92 Å². The average Bonchev–Trinajstić information content (AvgIpc) is 2.29. The summed E-state index contributed by atoms with van der Waals surface area (Å²) in [6.45, 7) is 4.83. The molecule has 3 nitrogen and oxygen atoms in total. The van der Waals surface area contributed by atoms with Gasteiger partial charge in [-0.15, -0.1) is 0 Å². The van der Waals surface area contributed by atoms with Crippen molar-refractivity contribution in [1.29, 1.82) is 0 Å². The standard InChI is InChI=1S/C13H27NO2S/c1-3-9-17(15,16)10-8-13(11-14)6-4-12(2)5-7-13/h12H,3-11,14H2,1-2H3. The summed E-state index contributed by atoms with van der Waals surface area (Å²) in [5.41, 5.74) is 6.00. The molecule has 1 rings (SSSR count). The summed E-state index contributed by atoms with van der Waals surface area (Å²) < 4.78 is 23.5. The van der Waals surface area contributed by atoms with Crippen molar-refractivity contribution >= 4 is 9.84 Å². The topological polar surface area (TPSA) is 60.2 Å². The van der Waals surface area contributed by atoms with E-state index in [0.29, 0.717) is 18.1 Å². The Hall–Kier alpha value is -0.0900. The molecule has 0 aromatic heterocycles. The van der Waals surface area contributed by atoms with Gasteiger partial charge in [-0.25, -0.2) is 8.42 Å². The van der Waals surface area contributed by atoms with Crippen molar-refractivity contribution in [1.82, 2.24) is 0 Å². The van der Waals surface area contributed by atoms with Crippen LogP contribution in [0.5, 0.6) is 0 Å². The first-order valence-corrected chi connectivity index (χ1v) is 8.66. The van der Waals surface area contributed by atoms with Crippen LogP contribution < -0.4 is 5.73 Å². The Morgan fingerprint density at radius 2 is 1.82 bits per heavy atom. The average molecular weight is 261 g/mol. The van der Waals surface area contributed by atoms with Gasteiger partial charge < -0.3 is 5.73 Å². The maximum absolute atomic E-state index is 11.8. The molecule has 0 bridgehead atoms. The Labute approximate surface area is 106 Å². The van der Waals surface area contributed by atoms with Gasteiger partial charge in [0.25, 0.3) is 0 Å². The van der Waals surface area contributed by atoms with E-state index >= 15 is 0 Å². The highest BCUT2D eigenvalue weighted by molar-refractivity contribution is 7.91. The molecule has 0 heterocycles. The van der Waals surface area contributed by atoms with Gasteiger partial charge in [-0.3, -0.25) is 0 Å². The smallest absolute Gasteiger partial charge is 0.150 e. The molecule has 0 atom stereocenters. The van der Waals surface area contributed by atoms with E-state index in [1.165, 1.54) is 12.8 Å². The van der Waals surface area contributed by atoms with Gasteiger partial charge in [0, 0.05) is 5.75 Å². The Morgan fingerprint density at radius 1 is 1.24 bits per heavy atom. The molecule has 0 aliphatic heterocycles. The maximum Gasteiger partial charge on any atom is 0.150 e. The van der Waals surface area contributed by atoms with E-state index in [1.807, 2.05) is 6.92 Å². The second-order valence-corrected chi connectivity index (χ2v) is 8.09. The van der Waals surface area contributed by atoms with Gasteiger partial charge in [-0.1, -0.05) is 26.7 Å². The molecular formula is C13H27NO2S. The third kappa shape index (κ3) is 4.59. The van der Waals surface area contributed by atoms with Gasteiger partial charge >= 0.3 is 0 Å². The van der Waals surface area contributed by atoms with Crippen LogP contribution in [0.3, 0.4) is 0 Å². The third-order valence-corrected chi connectivity index (χ3v) is 6.08. The van der Waals surface area contributed by atoms with Crippen LogP contribution in [0.25, 0.3) is 0 Å². The molecule has 0 saturated heterocycles. The zero-order valence-electron chi connectivity index (χ0n) is 11.2. The molecule has 1 aliphatic rings. The summed E-state index contributed by atoms with van der Waals surface area (Å²) in [6.07, 6.45) is 6.09. The molecular weight excluding hydrogens is 234 g/mol. The lowest BCUT2D eigenvalue weighted by Crippen LogP contribution is -2.36. The summed E-state index contributed by atoms with van der Waals surface area (Å²) in [7, 11) is -2.85. The minimum absolute atomic E-state index is 0.104. The first-order chi connectivity index (χ1) is 7.93. The summed E-state index contributed by atoms with van der Waals surface area (Å²) in [6, 6.07) is 0. The largest absolute Gasteiger partial charge is 0.330 e. The van der Waals surface area contributed by atoms with E-state index in [4.69, 9.17) is 5.73 Å². The molecule has 102 valence electrons. The van der Waals surface area contributed by atoms with E-state index < -0.39 is 9.84 Å². The molecule has 4 heteroatoms. The molecule has 0 radical (unpaired) electrons. The fourth-order valence-electron chi connectivity index (χ4n) is 2.72. The molecule has 1 fully saturated rings. The van der Waals surface area contributed by atoms with Gasteiger partial charge in [0.1, 0.15) is 9.84 Å². The molecule has 0 aromatic carbocycles. The number of hydrogen-bond donors (Lipinski definition) is 1. The monoisotopic (exact) mass is 261 g/mol. The van der Waals surface area contributed by atoms with Crippen molar-refractivity contribution in [3.05, 3.63) is 0 Å². The van der Waals surface area contributed by atoms with Crippen LogP contribution in [0.1, 0.15) is 52.4 Å². The molecule has 17 heavy (non-hydrogen) atoms. The molecule has 1 saturated carbocycles. The number of sulfone groups is 1. The first-order valence-electron chi connectivity index (χ1n) is 6.83. The van der Waals surface area contributed by atoms with Crippen LogP contribution in [0.2, 0.25) is 0 Å². The van der Waals surface area contributed by atoms with Gasteiger partial charge in [0.05, 0.1) is 5.75 Å². The first kappa shape index (κ1) is 15.0. The fraction of sp³-hybridized carbons (Fsp3) is 1.00. The van der Waals surface area contributed by atoms with Crippen molar-refractivity contribution in [3.8, 4) is 0 Å². The molecule has 0 amide bonds. The van der Waals surface area contributed by atoms with Crippen molar-refractivity contribution < 1.29 is 8.42 Å². The molecule has 0 unspecified atom stereocenters. The van der Waals surface area contributed by atoms with Crippen molar-refractivity contribution in [2.75, 3.05) is 18.1 Å². The highest BCUT2D eigenvalue weighted by atomic mass is 32.2. The van der Waals surface area contributed by atoms with Gasteiger partial charge in [0.2, 0.25) is 0 Å². The van der Waals surface area contributed by atoms with Gasteiger partial charge in [-0.2, -0.15) is 0 Å². The quantitative estimate of drug-likeness (QED) is 0.798. The van der Waals surface area contributed by atoms with E-state index in [0.717, 1.165) is 31.6 Å². The Balaban J connectivity index is 2.53. The molecule has 2 N–H and O–H groups in total. The van der Waals surface area contributed by atoms with Gasteiger partial charge in [0.15, 0.2) is 0 Å². The molecule has 0 spiro atoms. The van der Waals surface area contributed by atoms with Crippen LogP contribution in [0.4, 0.5) is 0 Å². The van der Waals surface area contributed by atoms with Crippen molar-refractivity contribution in [2.45, 2.75) is 52.4 Å². The van der Waals surface area contributed by atoms with Gasteiger partial charge in [-0.05, 0) is 43.6 Å².